The first-order valence-corrected chi connectivity index (χ1v) is 15.6. The summed E-state index contributed by atoms with van der Waals surface area (Å²) in [6, 6.07) is 26.5. The zero-order chi connectivity index (χ0) is 33.3. The Balaban J connectivity index is 1.20. The summed E-state index contributed by atoms with van der Waals surface area (Å²) in [6.45, 7) is 7.96. The van der Waals surface area contributed by atoms with Gasteiger partial charge in [-0.2, -0.15) is 5.10 Å². The summed E-state index contributed by atoms with van der Waals surface area (Å²) < 4.78 is 19.2. The predicted molar refractivity (Wildman–Crippen MR) is 185 cm³/mol. The SMILES string of the molecule is CCOC(=O)C1=C(C)NC(=S)N[C@H]1c1ccccc1OCC(=O)NN=Cc1cc(C)n(-c2ccc(OCc3ccccc3)cc2)c1C. The highest BCUT2D eigenvalue weighted by Gasteiger charge is 2.32. The van der Waals surface area contributed by atoms with Gasteiger partial charge in [-0.15, -0.1) is 0 Å². The number of nitrogens with zero attached hydrogens (tertiary/aromatic N) is 2. The molecule has 242 valence electrons. The zero-order valence-electron chi connectivity index (χ0n) is 26.7. The molecule has 10 nitrogen and oxygen atoms in total. The van der Waals surface area contributed by atoms with Gasteiger partial charge in [0, 0.05) is 33.9 Å². The van der Waals surface area contributed by atoms with Crippen LogP contribution in [0.5, 0.6) is 11.5 Å². The lowest BCUT2D eigenvalue weighted by atomic mass is 9.95. The van der Waals surface area contributed by atoms with Crippen molar-refractivity contribution in [3.63, 3.8) is 0 Å². The van der Waals surface area contributed by atoms with Crippen LogP contribution in [0.2, 0.25) is 0 Å². The number of hydrazone groups is 1. The number of carbonyl (C=O) groups is 2. The zero-order valence-corrected chi connectivity index (χ0v) is 27.5. The minimum Gasteiger partial charge on any atom is -0.489 e. The van der Waals surface area contributed by atoms with Gasteiger partial charge in [-0.3, -0.25) is 4.79 Å². The monoisotopic (exact) mass is 651 g/mol. The molecule has 0 spiro atoms. The van der Waals surface area contributed by atoms with Gasteiger partial charge in [0.2, 0.25) is 0 Å². The smallest absolute Gasteiger partial charge is 0.338 e. The largest absolute Gasteiger partial charge is 0.489 e. The van der Waals surface area contributed by atoms with Crippen molar-refractivity contribution in [3.8, 4) is 17.2 Å². The quantitative estimate of drug-likeness (QED) is 0.0790. The minimum atomic E-state index is -0.617. The molecular formula is C36H37N5O5S. The van der Waals surface area contributed by atoms with Crippen molar-refractivity contribution in [1.29, 1.82) is 0 Å². The number of benzene rings is 3. The molecule has 11 heteroatoms. The van der Waals surface area contributed by atoms with E-state index in [0.717, 1.165) is 34.0 Å². The summed E-state index contributed by atoms with van der Waals surface area (Å²) in [5, 5.41) is 10.6. The summed E-state index contributed by atoms with van der Waals surface area (Å²) in [7, 11) is 0. The number of hydrogen-bond acceptors (Lipinski definition) is 7. The fraction of sp³-hybridized carbons (Fsp3) is 0.222. The van der Waals surface area contributed by atoms with Gasteiger partial charge in [-0.25, -0.2) is 10.2 Å². The number of amides is 1. The average molecular weight is 652 g/mol. The topological polar surface area (TPSA) is 115 Å². The summed E-state index contributed by atoms with van der Waals surface area (Å²) in [5.41, 5.74) is 9.09. The van der Waals surface area contributed by atoms with Gasteiger partial charge < -0.3 is 29.4 Å². The van der Waals surface area contributed by atoms with Crippen LogP contribution in [0.15, 0.2) is 101 Å². The van der Waals surface area contributed by atoms with Gasteiger partial charge in [-0.05, 0) is 81.9 Å². The van der Waals surface area contributed by atoms with Crippen molar-refractivity contribution >= 4 is 35.4 Å². The number of allylic oxidation sites excluding steroid dienone is 1. The number of thiocarbonyl (C=S) groups is 1. The summed E-state index contributed by atoms with van der Waals surface area (Å²) in [4.78, 5) is 25.5. The van der Waals surface area contributed by atoms with E-state index in [1.54, 1.807) is 32.2 Å². The van der Waals surface area contributed by atoms with E-state index in [-0.39, 0.29) is 13.2 Å². The van der Waals surface area contributed by atoms with E-state index in [4.69, 9.17) is 26.4 Å². The Kier molecular flexibility index (Phi) is 10.7. The third kappa shape index (κ3) is 8.06. The molecule has 1 aliphatic rings. The summed E-state index contributed by atoms with van der Waals surface area (Å²) >= 11 is 5.34. The Morgan fingerprint density at radius 1 is 0.979 bits per heavy atom. The number of rotatable bonds is 12. The predicted octanol–water partition coefficient (Wildman–Crippen LogP) is 5.56. The molecule has 2 heterocycles. The lowest BCUT2D eigenvalue weighted by Gasteiger charge is -2.30. The van der Waals surface area contributed by atoms with E-state index in [1.165, 1.54) is 0 Å². The maximum Gasteiger partial charge on any atom is 0.338 e. The third-order valence-corrected chi connectivity index (χ3v) is 7.78. The molecule has 0 saturated heterocycles. The van der Waals surface area contributed by atoms with E-state index in [2.05, 4.69) is 25.7 Å². The molecule has 1 aromatic heterocycles. The van der Waals surface area contributed by atoms with Crippen molar-refractivity contribution in [2.75, 3.05) is 13.2 Å². The minimum absolute atomic E-state index is 0.230. The fourth-order valence-electron chi connectivity index (χ4n) is 5.35. The molecule has 5 rings (SSSR count). The number of aryl methyl sites for hydroxylation is 1. The molecule has 3 N–H and O–H groups in total. The van der Waals surface area contributed by atoms with Crippen molar-refractivity contribution in [3.05, 3.63) is 124 Å². The average Bonchev–Trinajstić information content (AvgIpc) is 3.35. The van der Waals surface area contributed by atoms with E-state index in [1.807, 2.05) is 86.6 Å². The van der Waals surface area contributed by atoms with Crippen molar-refractivity contribution in [2.45, 2.75) is 40.3 Å². The lowest BCUT2D eigenvalue weighted by Crippen LogP contribution is -2.45. The first kappa shape index (κ1) is 33.0. The maximum absolute atomic E-state index is 12.8. The number of carbonyl (C=O) groups excluding carboxylic acids is 2. The lowest BCUT2D eigenvalue weighted by molar-refractivity contribution is -0.139. The highest BCUT2D eigenvalue weighted by Crippen LogP contribution is 2.33. The Labute approximate surface area is 279 Å². The van der Waals surface area contributed by atoms with E-state index >= 15 is 0 Å². The normalized spacial score (nSPS) is 14.4. The van der Waals surface area contributed by atoms with Crippen LogP contribution in [0.3, 0.4) is 0 Å². The Hall–Kier alpha value is -5.42. The van der Waals surface area contributed by atoms with Crippen LogP contribution in [-0.2, 0) is 20.9 Å². The molecule has 1 atom stereocenters. The molecule has 47 heavy (non-hydrogen) atoms. The van der Waals surface area contributed by atoms with Crippen LogP contribution >= 0.6 is 12.2 Å². The number of para-hydroxylation sites is 1. The van der Waals surface area contributed by atoms with Crippen LogP contribution in [0, 0.1) is 13.8 Å². The van der Waals surface area contributed by atoms with E-state index in [9.17, 15) is 9.59 Å². The molecule has 0 fully saturated rings. The first-order chi connectivity index (χ1) is 22.7. The number of ether oxygens (including phenoxy) is 3. The van der Waals surface area contributed by atoms with Crippen LogP contribution < -0.4 is 25.5 Å². The van der Waals surface area contributed by atoms with Gasteiger partial charge in [0.15, 0.2) is 11.7 Å². The third-order valence-electron chi connectivity index (χ3n) is 7.56. The molecule has 0 saturated carbocycles. The van der Waals surface area contributed by atoms with E-state index < -0.39 is 17.9 Å². The van der Waals surface area contributed by atoms with Gasteiger partial charge in [0.25, 0.3) is 5.91 Å². The standard InChI is InChI=1S/C36H37N5O5S/c1-5-44-35(43)33-24(3)38-36(47)39-34(33)30-13-9-10-14-31(30)46-22-32(42)40-37-20-27-19-23(2)41(25(27)4)28-15-17-29(18-16-28)45-21-26-11-7-6-8-12-26/h6-20,34H,5,21-22H2,1-4H3,(H,40,42)(H2,38,39,47)/t34-/m0/s1. The van der Waals surface area contributed by atoms with Crippen molar-refractivity contribution in [1.82, 2.24) is 20.6 Å². The second-order valence-corrected chi connectivity index (χ2v) is 11.2. The number of hydrogen-bond donors (Lipinski definition) is 3. The van der Waals surface area contributed by atoms with Crippen LogP contribution in [0.1, 0.15) is 48.0 Å². The van der Waals surface area contributed by atoms with Gasteiger partial charge in [0.05, 0.1) is 24.4 Å². The van der Waals surface area contributed by atoms with Crippen molar-refractivity contribution in [2.24, 2.45) is 5.10 Å². The molecule has 3 aromatic carbocycles. The Bertz CT molecular complexity index is 1820. The van der Waals surface area contributed by atoms with Crippen molar-refractivity contribution < 1.29 is 23.8 Å². The number of esters is 1. The molecule has 4 aromatic rings. The van der Waals surface area contributed by atoms with Gasteiger partial charge in [-0.1, -0.05) is 48.5 Å². The fourth-order valence-corrected chi connectivity index (χ4v) is 5.63. The second kappa shape index (κ2) is 15.2. The van der Waals surface area contributed by atoms with Gasteiger partial charge in [0.1, 0.15) is 18.1 Å². The summed E-state index contributed by atoms with van der Waals surface area (Å²) in [5.74, 6) is 0.296. The maximum atomic E-state index is 12.8. The highest BCUT2D eigenvalue weighted by molar-refractivity contribution is 7.80. The van der Waals surface area contributed by atoms with Crippen LogP contribution in [0.4, 0.5) is 0 Å². The van der Waals surface area contributed by atoms with Gasteiger partial charge >= 0.3 is 5.97 Å². The molecule has 0 aliphatic carbocycles. The molecule has 1 amide bonds. The van der Waals surface area contributed by atoms with Crippen LogP contribution in [0.25, 0.3) is 5.69 Å². The highest BCUT2D eigenvalue weighted by atomic mass is 32.1. The number of nitrogens with one attached hydrogen (secondary N) is 3. The Morgan fingerprint density at radius 3 is 2.45 bits per heavy atom. The Morgan fingerprint density at radius 2 is 1.70 bits per heavy atom. The molecule has 1 aliphatic heterocycles. The number of aromatic nitrogens is 1. The second-order valence-electron chi connectivity index (χ2n) is 10.8. The molecular weight excluding hydrogens is 614 g/mol. The summed E-state index contributed by atoms with van der Waals surface area (Å²) in [6.07, 6.45) is 1.61. The molecule has 0 unspecified atom stereocenters. The van der Waals surface area contributed by atoms with E-state index in [0.29, 0.717) is 34.3 Å². The first-order valence-electron chi connectivity index (χ1n) is 15.2. The van der Waals surface area contributed by atoms with Crippen LogP contribution in [-0.4, -0.2) is 41.0 Å². The molecule has 0 radical (unpaired) electrons. The molecule has 0 bridgehead atoms.